The highest BCUT2D eigenvalue weighted by molar-refractivity contribution is 5.94. The fraction of sp³-hybridized carbons (Fsp3) is 0.341. The number of piperidine rings is 3. The van der Waals surface area contributed by atoms with Crippen LogP contribution in [0, 0.1) is 5.92 Å². The van der Waals surface area contributed by atoms with Gasteiger partial charge in [-0.05, 0) is 103 Å². The summed E-state index contributed by atoms with van der Waals surface area (Å²) < 4.78 is 12.2. The monoisotopic (exact) mass is 759 g/mol. The number of alkyl carbamates (subject to hydrolysis) is 1. The number of carbonyl (C=O) groups excluding carboxylic acids is 2. The second-order valence-electron chi connectivity index (χ2n) is 14.7. The number of ether oxygens (including phenoxy) is 2. The van der Waals surface area contributed by atoms with Crippen molar-refractivity contribution in [1.29, 1.82) is 0 Å². The Bertz CT molecular complexity index is 2170. The molecule has 0 saturated carbocycles. The minimum absolute atomic E-state index is 0.0549. The molecule has 2 amide bonds. The molecule has 0 spiro atoms. The molecule has 56 heavy (non-hydrogen) atoms. The predicted octanol–water partition coefficient (Wildman–Crippen LogP) is 5.51. The van der Waals surface area contributed by atoms with Crippen molar-refractivity contribution < 1.29 is 29.3 Å². The third-order valence-electron chi connectivity index (χ3n) is 10.8. The summed E-state index contributed by atoms with van der Waals surface area (Å²) in [7, 11) is 1.76. The molecule has 0 radical (unpaired) electrons. The van der Waals surface area contributed by atoms with E-state index in [1.54, 1.807) is 36.2 Å². The van der Waals surface area contributed by atoms with Crippen LogP contribution in [0.5, 0.6) is 11.5 Å². The summed E-state index contributed by atoms with van der Waals surface area (Å²) in [5.74, 6) is 0.927. The Hall–Kier alpha value is -5.69. The van der Waals surface area contributed by atoms with Crippen LogP contribution in [0.15, 0.2) is 108 Å². The first kappa shape index (κ1) is 38.6. The molecule has 4 heterocycles. The van der Waals surface area contributed by atoms with Gasteiger partial charge in [-0.3, -0.25) is 14.5 Å². The van der Waals surface area contributed by atoms with Gasteiger partial charge in [0, 0.05) is 43.7 Å². The first-order valence-corrected chi connectivity index (χ1v) is 19.3. The number of pyridine rings is 1. The van der Waals surface area contributed by atoms with Crippen LogP contribution in [-0.4, -0.2) is 89.4 Å². The molecule has 1 aromatic heterocycles. The lowest BCUT2D eigenvalue weighted by molar-refractivity contribution is -0.0336. The van der Waals surface area contributed by atoms with E-state index in [1.165, 1.54) is 12.1 Å². The van der Waals surface area contributed by atoms with Gasteiger partial charge in [0.1, 0.15) is 24.2 Å². The third kappa shape index (κ3) is 9.39. The Morgan fingerprint density at radius 2 is 1.71 bits per heavy atom. The van der Waals surface area contributed by atoms with Gasteiger partial charge < -0.3 is 40.2 Å². The molecule has 3 saturated heterocycles. The van der Waals surface area contributed by atoms with Gasteiger partial charge in [-0.25, -0.2) is 4.79 Å². The number of aliphatic hydroxyl groups is 1. The van der Waals surface area contributed by atoms with Gasteiger partial charge in [-0.1, -0.05) is 60.7 Å². The number of fused-ring (bicyclic) bond motifs is 4. The molecule has 0 aliphatic carbocycles. The number of aromatic amines is 1. The lowest BCUT2D eigenvalue weighted by Crippen LogP contribution is -2.52. The lowest BCUT2D eigenvalue weighted by atomic mass is 9.86. The van der Waals surface area contributed by atoms with Crippen molar-refractivity contribution in [3.8, 4) is 11.5 Å². The van der Waals surface area contributed by atoms with Crippen LogP contribution in [0.2, 0.25) is 0 Å². The van der Waals surface area contributed by atoms with Gasteiger partial charge in [-0.2, -0.15) is 0 Å². The molecular weight excluding hydrogens is 711 g/mol. The van der Waals surface area contributed by atoms with Crippen LogP contribution in [0.3, 0.4) is 0 Å². The van der Waals surface area contributed by atoms with Gasteiger partial charge in [0.05, 0.1) is 17.7 Å². The highest BCUT2D eigenvalue weighted by atomic mass is 16.6. The Morgan fingerprint density at radius 3 is 2.46 bits per heavy atom. The Labute approximate surface area is 326 Å². The molecule has 3 atom stereocenters. The maximum absolute atomic E-state index is 13.2. The number of aliphatic hydroxyl groups excluding tert-OH is 1. The van der Waals surface area contributed by atoms with E-state index in [1.807, 2.05) is 66.7 Å². The zero-order valence-electron chi connectivity index (χ0n) is 31.5. The predicted molar refractivity (Wildman–Crippen MR) is 214 cm³/mol. The molecule has 12 nitrogen and oxygen atoms in total. The van der Waals surface area contributed by atoms with Gasteiger partial charge in [0.2, 0.25) is 5.56 Å². The summed E-state index contributed by atoms with van der Waals surface area (Å²) in [6, 6.07) is 30.5. The van der Waals surface area contributed by atoms with E-state index < -0.39 is 18.2 Å². The Balaban J connectivity index is 0.880. The number of phenolic OH excluding ortho intramolecular Hbond substituents is 1. The van der Waals surface area contributed by atoms with E-state index in [0.717, 1.165) is 49.2 Å². The van der Waals surface area contributed by atoms with E-state index in [-0.39, 0.29) is 29.9 Å². The largest absolute Gasteiger partial charge is 0.506 e. The molecule has 5 N–H and O–H groups in total. The van der Waals surface area contributed by atoms with E-state index >= 15 is 0 Å². The highest BCUT2D eigenvalue weighted by Gasteiger charge is 2.37. The lowest BCUT2D eigenvalue weighted by Gasteiger charge is -2.43. The minimum atomic E-state index is -0.853. The second kappa shape index (κ2) is 17.8. The number of aromatic hydroxyl groups is 1. The molecule has 3 aliphatic heterocycles. The van der Waals surface area contributed by atoms with Crippen molar-refractivity contribution >= 4 is 22.9 Å². The fourth-order valence-electron chi connectivity index (χ4n) is 7.69. The molecule has 12 heteroatoms. The summed E-state index contributed by atoms with van der Waals surface area (Å²) in [4.78, 5) is 44.7. The van der Waals surface area contributed by atoms with Crippen molar-refractivity contribution in [1.82, 2.24) is 25.4 Å². The maximum atomic E-state index is 13.2. The number of H-pyrrole nitrogens is 1. The number of hydrogen-bond donors (Lipinski definition) is 5. The van der Waals surface area contributed by atoms with Crippen LogP contribution in [0.25, 0.3) is 10.9 Å². The Kier molecular flexibility index (Phi) is 12.3. The van der Waals surface area contributed by atoms with Crippen molar-refractivity contribution in [2.24, 2.45) is 5.92 Å². The molecule has 8 rings (SSSR count). The normalized spacial score (nSPS) is 18.6. The molecule has 3 aliphatic rings. The van der Waals surface area contributed by atoms with Crippen molar-refractivity contribution in [3.63, 3.8) is 0 Å². The van der Waals surface area contributed by atoms with E-state index in [2.05, 4.69) is 20.5 Å². The fourth-order valence-corrected chi connectivity index (χ4v) is 7.69. The number of nitrogens with zero attached hydrogens (tertiary/aromatic N) is 2. The first-order valence-electron chi connectivity index (χ1n) is 19.3. The van der Waals surface area contributed by atoms with Gasteiger partial charge >= 0.3 is 6.09 Å². The molecule has 1 unspecified atom stereocenters. The second-order valence-corrected chi connectivity index (χ2v) is 14.7. The number of amides is 2. The molecule has 4 aromatic carbocycles. The number of carbonyl (C=O) groups is 2. The molecule has 2 bridgehead atoms. The summed E-state index contributed by atoms with van der Waals surface area (Å²) in [6.07, 6.45) is 1.45. The highest BCUT2D eigenvalue weighted by Crippen LogP contribution is 2.31. The molecular formula is C44H49N5O7. The first-order chi connectivity index (χ1) is 27.2. The zero-order chi connectivity index (χ0) is 39.0. The van der Waals surface area contributed by atoms with Crippen LogP contribution in [0.1, 0.15) is 64.0 Å². The number of phenols is 1. The van der Waals surface area contributed by atoms with Crippen LogP contribution >= 0.6 is 0 Å². The summed E-state index contributed by atoms with van der Waals surface area (Å²) in [5, 5.41) is 27.8. The van der Waals surface area contributed by atoms with Gasteiger partial charge in [-0.15, -0.1) is 0 Å². The van der Waals surface area contributed by atoms with Crippen LogP contribution in [0.4, 0.5) is 4.79 Å². The van der Waals surface area contributed by atoms with Crippen molar-refractivity contribution in [3.05, 3.63) is 141 Å². The maximum Gasteiger partial charge on any atom is 0.408 e. The summed E-state index contributed by atoms with van der Waals surface area (Å²) >= 11 is 0. The number of benzene rings is 4. The van der Waals surface area contributed by atoms with E-state index in [0.29, 0.717) is 59.8 Å². The number of nitrogens with one attached hydrogen (secondary N) is 3. The smallest absolute Gasteiger partial charge is 0.408 e. The van der Waals surface area contributed by atoms with Gasteiger partial charge in [0.25, 0.3) is 5.91 Å². The minimum Gasteiger partial charge on any atom is -0.506 e. The topological polar surface area (TPSA) is 156 Å². The average Bonchev–Trinajstić information content (AvgIpc) is 3.23. The van der Waals surface area contributed by atoms with Crippen LogP contribution < -0.4 is 20.9 Å². The van der Waals surface area contributed by atoms with Crippen molar-refractivity contribution in [2.45, 2.75) is 44.1 Å². The number of rotatable bonds is 15. The average molecular weight is 760 g/mol. The van der Waals surface area contributed by atoms with E-state index in [4.69, 9.17) is 9.47 Å². The van der Waals surface area contributed by atoms with Crippen molar-refractivity contribution in [2.75, 3.05) is 46.3 Å². The number of hydrogen-bond acceptors (Lipinski definition) is 9. The standard InChI is InChI=1S/C44H49N5O7/c1-48(22-6-21-45-26-38(51)35-15-17-37(50)42-36(35)16-18-40(52)46-42)43(53)32-13-11-29(12-14-32)28-55-34-10-5-9-33(25-34)41(31-7-3-2-4-8-31)47-44(54)56-39-27-49-23-19-30(39)20-24-49/h2-5,7-18,25,30,38-39,41,45,50-51H,6,19-24,26-28H2,1H3,(H,46,52)(H,47,54)/t38-,39+,41?/m1/s1. The van der Waals surface area contributed by atoms with Crippen LogP contribution in [-0.2, 0) is 11.3 Å². The molecule has 292 valence electrons. The van der Waals surface area contributed by atoms with Gasteiger partial charge in [0.15, 0.2) is 0 Å². The van der Waals surface area contributed by atoms with E-state index in [9.17, 15) is 24.6 Å². The third-order valence-corrected chi connectivity index (χ3v) is 10.8. The SMILES string of the molecule is CN(CCCNC[C@@H](O)c1ccc(O)c2[nH]c(=O)ccc12)C(=O)c1ccc(COc2cccc(C(NC(=O)O[C@H]3CN4CCC3CC4)c3ccccc3)c2)cc1. The summed E-state index contributed by atoms with van der Waals surface area (Å²) in [6.45, 7) is 4.61. The zero-order valence-corrected chi connectivity index (χ0v) is 31.5. The number of aromatic nitrogens is 1. The Morgan fingerprint density at radius 1 is 0.946 bits per heavy atom. The summed E-state index contributed by atoms with van der Waals surface area (Å²) in [5.41, 5.74) is 3.85. The quantitative estimate of drug-likeness (QED) is 0.0870. The molecule has 5 aromatic rings. The molecule has 3 fully saturated rings.